The predicted octanol–water partition coefficient (Wildman–Crippen LogP) is 8.64. The van der Waals surface area contributed by atoms with E-state index in [0.29, 0.717) is 8.95 Å². The van der Waals surface area contributed by atoms with E-state index in [1.807, 2.05) is 78.9 Å². The summed E-state index contributed by atoms with van der Waals surface area (Å²) in [4.78, 5) is 19.8. The van der Waals surface area contributed by atoms with E-state index in [1.165, 1.54) is 12.1 Å². The minimum Gasteiger partial charge on any atom is -0.483 e. The Kier molecular flexibility index (Phi) is 14.7. The molecule has 0 saturated carbocycles. The molecule has 0 aliphatic rings. The van der Waals surface area contributed by atoms with Crippen LogP contribution in [-0.4, -0.2) is 28.2 Å². The zero-order valence-electron chi connectivity index (χ0n) is 21.5. The summed E-state index contributed by atoms with van der Waals surface area (Å²) in [5.41, 5.74) is 1.62. The van der Waals surface area contributed by atoms with Gasteiger partial charge in [-0.25, -0.2) is 0 Å². The Morgan fingerprint density at radius 2 is 1.22 bits per heavy atom. The highest BCUT2D eigenvalue weighted by atomic mass is 79.9. The summed E-state index contributed by atoms with van der Waals surface area (Å²) in [5, 5.41) is 29.5. The second-order valence-corrected chi connectivity index (χ2v) is 9.67. The van der Waals surface area contributed by atoms with Gasteiger partial charge in [0.15, 0.2) is 5.75 Å². The molecule has 4 aromatic rings. The van der Waals surface area contributed by atoms with Crippen LogP contribution in [0.3, 0.4) is 0 Å². The molecule has 41 heavy (non-hydrogen) atoms. The summed E-state index contributed by atoms with van der Waals surface area (Å²) in [6, 6.07) is 28.0. The van der Waals surface area contributed by atoms with Gasteiger partial charge >= 0.3 is 11.4 Å². The van der Waals surface area contributed by atoms with Crippen molar-refractivity contribution < 1.29 is 24.1 Å². The molecule has 11 heteroatoms. The van der Waals surface area contributed by atoms with Crippen LogP contribution in [0.15, 0.2) is 118 Å². The van der Waals surface area contributed by atoms with Gasteiger partial charge in [-0.3, -0.25) is 20.2 Å². The number of rotatable bonds is 8. The second-order valence-electron chi connectivity index (χ2n) is 7.84. The van der Waals surface area contributed by atoms with E-state index in [0.717, 1.165) is 23.3 Å². The van der Waals surface area contributed by atoms with Gasteiger partial charge in [-0.1, -0.05) is 111 Å². The van der Waals surface area contributed by atoms with Gasteiger partial charge in [-0.15, -0.1) is 0 Å². The Labute approximate surface area is 253 Å². The van der Waals surface area contributed by atoms with Crippen LogP contribution in [0.5, 0.6) is 5.75 Å². The maximum Gasteiger partial charge on any atom is 0.312 e. The van der Waals surface area contributed by atoms with Gasteiger partial charge in [0.2, 0.25) is 5.82 Å². The maximum atomic E-state index is 12.6. The second kappa shape index (κ2) is 18.2. The lowest BCUT2D eigenvalue weighted by Crippen LogP contribution is -1.98. The van der Waals surface area contributed by atoms with Gasteiger partial charge in [0.1, 0.15) is 6.61 Å². The summed E-state index contributed by atoms with van der Waals surface area (Å²) in [6.07, 6.45) is 7.33. The Morgan fingerprint density at radius 3 is 1.71 bits per heavy atom. The molecule has 0 aromatic heterocycles. The van der Waals surface area contributed by atoms with Gasteiger partial charge in [0.05, 0.1) is 16.5 Å². The smallest absolute Gasteiger partial charge is 0.312 e. The van der Waals surface area contributed by atoms with Crippen molar-refractivity contribution in [2.24, 2.45) is 0 Å². The van der Waals surface area contributed by atoms with E-state index in [9.17, 15) is 24.6 Å². The molecule has 0 saturated heterocycles. The molecule has 0 fully saturated rings. The number of nitro groups is 2. The minimum atomic E-state index is -0.821. The van der Waals surface area contributed by atoms with Crippen molar-refractivity contribution in [3.63, 3.8) is 0 Å². The van der Waals surface area contributed by atoms with Crippen LogP contribution < -0.4 is 4.74 Å². The minimum absolute atomic E-state index is 0.0486. The number of nitro benzene ring substituents is 2. The van der Waals surface area contributed by atoms with E-state index in [4.69, 9.17) is 9.84 Å². The first-order valence-electron chi connectivity index (χ1n) is 11.9. The van der Waals surface area contributed by atoms with Crippen LogP contribution >= 0.6 is 31.9 Å². The van der Waals surface area contributed by atoms with Gasteiger partial charge < -0.3 is 9.84 Å². The number of aliphatic hydroxyl groups excluding tert-OH is 1. The normalized spacial score (nSPS) is 10.3. The van der Waals surface area contributed by atoms with E-state index in [1.54, 1.807) is 18.2 Å². The zero-order valence-corrected chi connectivity index (χ0v) is 24.6. The monoisotopic (exact) mass is 686 g/mol. The molecular weight excluding hydrogens is 663 g/mol. The van der Waals surface area contributed by atoms with E-state index >= 15 is 0 Å². The van der Waals surface area contributed by atoms with Crippen LogP contribution in [0.4, 0.5) is 15.8 Å². The van der Waals surface area contributed by atoms with Crippen molar-refractivity contribution in [2.45, 2.75) is 0 Å². The summed E-state index contributed by atoms with van der Waals surface area (Å²) in [6.45, 7) is 0.381. The van der Waals surface area contributed by atoms with Crippen molar-refractivity contribution in [3.8, 4) is 5.75 Å². The maximum absolute atomic E-state index is 12.6. The molecule has 1 N–H and O–H groups in total. The molecule has 0 bridgehead atoms. The number of halogens is 3. The first-order valence-corrected chi connectivity index (χ1v) is 13.5. The molecule has 8 nitrogen and oxygen atoms in total. The van der Waals surface area contributed by atoms with Crippen molar-refractivity contribution >= 4 is 55.4 Å². The van der Waals surface area contributed by atoms with Gasteiger partial charge in [-0.2, -0.15) is 4.39 Å². The van der Waals surface area contributed by atoms with E-state index < -0.39 is 21.4 Å². The lowest BCUT2D eigenvalue weighted by Gasteiger charge is -2.04. The Bertz CT molecular complexity index is 1470. The number of nitrogens with zero attached hydrogens (tertiary/aromatic N) is 2. The molecule has 0 aliphatic heterocycles. The average Bonchev–Trinajstić information content (AvgIpc) is 2.97. The molecule has 0 heterocycles. The van der Waals surface area contributed by atoms with Crippen LogP contribution in [0, 0.1) is 26.0 Å². The lowest BCUT2D eigenvalue weighted by molar-refractivity contribution is -0.387. The van der Waals surface area contributed by atoms with Gasteiger partial charge in [0, 0.05) is 21.1 Å². The SMILES string of the molecule is O=[N+]([O-])c1cc(Br)ccc1F.O=[N+]([O-])c1cc(Br)ccc1OC/C=C/c1ccccc1.OC/C=C/c1ccccc1. The molecular formula is C30H25Br2FN2O6. The van der Waals surface area contributed by atoms with E-state index in [2.05, 4.69) is 31.9 Å². The number of benzene rings is 4. The quantitative estimate of drug-likeness (QED) is 0.146. The summed E-state index contributed by atoms with van der Waals surface area (Å²) in [5.74, 6) is -0.561. The number of hydrogen-bond acceptors (Lipinski definition) is 6. The number of ether oxygens (including phenoxy) is 1. The molecule has 4 aromatic carbocycles. The fraction of sp³-hybridized carbons (Fsp3) is 0.0667. The fourth-order valence-corrected chi connectivity index (χ4v) is 3.72. The first-order chi connectivity index (χ1) is 19.7. The Balaban J connectivity index is 0.000000236. The predicted molar refractivity (Wildman–Crippen MR) is 165 cm³/mol. The number of hydrogen-bond donors (Lipinski definition) is 1. The topological polar surface area (TPSA) is 116 Å². The molecule has 0 unspecified atom stereocenters. The van der Waals surface area contributed by atoms with Gasteiger partial charge in [-0.05, 0) is 41.5 Å². The van der Waals surface area contributed by atoms with Crippen LogP contribution in [0.2, 0.25) is 0 Å². The summed E-state index contributed by atoms with van der Waals surface area (Å²) in [7, 11) is 0. The standard InChI is InChI=1S/C15H12BrNO3.C9H10O.C6H3BrFNO2/c16-13-8-9-15(14(11-13)17(18)19)20-10-4-7-12-5-2-1-3-6-12;10-8-4-7-9-5-2-1-3-6-9;7-4-1-2-5(8)6(3-4)9(10)11/h1-9,11H,10H2;1-7,10H,8H2;1-3H/b2*7-4+;. The zero-order chi connectivity index (χ0) is 30.0. The molecule has 0 amide bonds. The van der Waals surface area contributed by atoms with Crippen LogP contribution in [0.25, 0.3) is 12.2 Å². The molecule has 4 rings (SSSR count). The van der Waals surface area contributed by atoms with E-state index in [-0.39, 0.29) is 24.7 Å². The van der Waals surface area contributed by atoms with Crippen LogP contribution in [0.1, 0.15) is 11.1 Å². The third-order valence-corrected chi connectivity index (χ3v) is 5.87. The van der Waals surface area contributed by atoms with Crippen molar-refractivity contribution in [3.05, 3.63) is 155 Å². The molecule has 0 aliphatic carbocycles. The molecule has 0 spiro atoms. The average molecular weight is 688 g/mol. The lowest BCUT2D eigenvalue weighted by atomic mass is 10.2. The first kappa shape index (κ1) is 33.0. The largest absolute Gasteiger partial charge is 0.483 e. The third-order valence-electron chi connectivity index (χ3n) is 4.88. The Hall–Kier alpha value is -4.19. The highest BCUT2D eigenvalue weighted by molar-refractivity contribution is 9.10. The Morgan fingerprint density at radius 1 is 0.732 bits per heavy atom. The highest BCUT2D eigenvalue weighted by Gasteiger charge is 2.15. The summed E-state index contributed by atoms with van der Waals surface area (Å²) < 4.78 is 19.1. The van der Waals surface area contributed by atoms with Crippen molar-refractivity contribution in [1.82, 2.24) is 0 Å². The molecule has 0 radical (unpaired) electrons. The van der Waals surface area contributed by atoms with Crippen LogP contribution in [-0.2, 0) is 0 Å². The molecule has 0 atom stereocenters. The molecule has 212 valence electrons. The summed E-state index contributed by atoms with van der Waals surface area (Å²) >= 11 is 6.20. The fourth-order valence-electron chi connectivity index (χ4n) is 3.02. The van der Waals surface area contributed by atoms with Crippen molar-refractivity contribution in [2.75, 3.05) is 13.2 Å². The third kappa shape index (κ3) is 12.7. The highest BCUT2D eigenvalue weighted by Crippen LogP contribution is 2.30. The van der Waals surface area contributed by atoms with Crippen molar-refractivity contribution in [1.29, 1.82) is 0 Å². The van der Waals surface area contributed by atoms with Gasteiger partial charge in [0.25, 0.3) is 0 Å². The number of aliphatic hydroxyl groups is 1.